The lowest BCUT2D eigenvalue weighted by Gasteiger charge is -2.13. The highest BCUT2D eigenvalue weighted by atomic mass is 19.1. The Kier molecular flexibility index (Phi) is 9.42. The Morgan fingerprint density at radius 1 is 1.17 bits per heavy atom. The fourth-order valence-electron chi connectivity index (χ4n) is 2.13. The number of benzene rings is 1. The van der Waals surface area contributed by atoms with Gasteiger partial charge in [-0.2, -0.15) is 0 Å². The summed E-state index contributed by atoms with van der Waals surface area (Å²) in [5, 5.41) is 0. The Balaban J connectivity index is 2.25. The van der Waals surface area contributed by atoms with E-state index < -0.39 is 11.8 Å². The molecule has 1 unspecified atom stereocenters. The van der Waals surface area contributed by atoms with Crippen LogP contribution in [0.1, 0.15) is 51.9 Å². The molecule has 0 N–H and O–H groups in total. The van der Waals surface area contributed by atoms with Crippen LogP contribution in [0.25, 0.3) is 0 Å². The molecule has 4 nitrogen and oxygen atoms in total. The largest absolute Gasteiger partial charge is 0.458 e. The number of carbonyl (C=O) groups is 2. The number of hydrogen-bond acceptors (Lipinski definition) is 4. The van der Waals surface area contributed by atoms with Gasteiger partial charge in [0.05, 0.1) is 0 Å². The fraction of sp³-hybridized carbons (Fsp3) is 0.474. The van der Waals surface area contributed by atoms with Gasteiger partial charge in [-0.1, -0.05) is 44.6 Å². The molecule has 1 atom stereocenters. The molecule has 5 heteroatoms. The molecule has 132 valence electrons. The van der Waals surface area contributed by atoms with Crippen molar-refractivity contribution in [2.24, 2.45) is 0 Å². The molecule has 1 aromatic rings. The van der Waals surface area contributed by atoms with Gasteiger partial charge >= 0.3 is 11.9 Å². The summed E-state index contributed by atoms with van der Waals surface area (Å²) in [7, 11) is 0. The maximum absolute atomic E-state index is 13.3. The number of carbonyl (C=O) groups excluding carboxylic acids is 2. The van der Waals surface area contributed by atoms with Crippen LogP contribution in [0.5, 0.6) is 5.75 Å². The van der Waals surface area contributed by atoms with E-state index in [0.29, 0.717) is 6.42 Å². The lowest BCUT2D eigenvalue weighted by molar-refractivity contribution is -0.147. The van der Waals surface area contributed by atoms with Gasteiger partial charge in [-0.15, -0.1) is 0 Å². The summed E-state index contributed by atoms with van der Waals surface area (Å²) < 4.78 is 23.6. The summed E-state index contributed by atoms with van der Waals surface area (Å²) in [5.74, 6) is -1.63. The highest BCUT2D eigenvalue weighted by Crippen LogP contribution is 2.16. The number of unbranched alkanes of at least 4 members (excludes halogenated alkanes) is 2. The topological polar surface area (TPSA) is 52.6 Å². The van der Waals surface area contributed by atoms with E-state index in [-0.39, 0.29) is 30.7 Å². The first-order valence-corrected chi connectivity index (χ1v) is 8.34. The summed E-state index contributed by atoms with van der Waals surface area (Å²) >= 11 is 0. The van der Waals surface area contributed by atoms with Crippen LogP contribution in [-0.4, -0.2) is 18.0 Å². The zero-order valence-electron chi connectivity index (χ0n) is 14.1. The Morgan fingerprint density at radius 2 is 1.88 bits per heavy atom. The van der Waals surface area contributed by atoms with E-state index in [0.717, 1.165) is 25.7 Å². The monoisotopic (exact) mass is 336 g/mol. The van der Waals surface area contributed by atoms with Crippen LogP contribution in [0.4, 0.5) is 4.39 Å². The van der Waals surface area contributed by atoms with Crippen molar-refractivity contribution in [3.8, 4) is 5.75 Å². The number of esters is 2. The van der Waals surface area contributed by atoms with Gasteiger partial charge in [0.1, 0.15) is 6.10 Å². The van der Waals surface area contributed by atoms with Crippen LogP contribution in [-0.2, 0) is 14.3 Å². The van der Waals surface area contributed by atoms with Crippen molar-refractivity contribution in [3.05, 3.63) is 42.7 Å². The highest BCUT2D eigenvalue weighted by molar-refractivity contribution is 5.74. The van der Waals surface area contributed by atoms with E-state index in [9.17, 15) is 14.0 Å². The lowest BCUT2D eigenvalue weighted by Crippen LogP contribution is -2.16. The molecule has 0 aliphatic rings. The molecule has 0 heterocycles. The molecule has 0 aliphatic carbocycles. The average Bonchev–Trinajstić information content (AvgIpc) is 2.56. The minimum atomic E-state index is -0.592. The predicted molar refractivity (Wildman–Crippen MR) is 90.1 cm³/mol. The van der Waals surface area contributed by atoms with Crippen molar-refractivity contribution < 1.29 is 23.5 Å². The van der Waals surface area contributed by atoms with Crippen molar-refractivity contribution in [1.29, 1.82) is 0 Å². The smallest absolute Gasteiger partial charge is 0.311 e. The number of ether oxygens (including phenoxy) is 2. The van der Waals surface area contributed by atoms with Crippen LogP contribution < -0.4 is 4.74 Å². The molecule has 0 spiro atoms. The predicted octanol–water partition coefficient (Wildman–Crippen LogP) is 4.58. The van der Waals surface area contributed by atoms with Gasteiger partial charge in [0, 0.05) is 12.8 Å². The van der Waals surface area contributed by atoms with E-state index in [1.807, 2.05) is 0 Å². The number of hydrogen-bond donors (Lipinski definition) is 0. The normalized spacial score (nSPS) is 11.6. The van der Waals surface area contributed by atoms with E-state index in [1.54, 1.807) is 12.1 Å². The number of halogens is 1. The molecule has 1 aromatic carbocycles. The van der Waals surface area contributed by atoms with Crippen molar-refractivity contribution in [1.82, 2.24) is 0 Å². The summed E-state index contributed by atoms with van der Waals surface area (Å²) in [5.41, 5.74) is 0. The number of para-hydroxylation sites is 1. The van der Waals surface area contributed by atoms with Crippen molar-refractivity contribution >= 4 is 11.9 Å². The maximum atomic E-state index is 13.3. The molecule has 0 aromatic heterocycles. The Labute approximate surface area is 142 Å². The first-order chi connectivity index (χ1) is 11.6. The number of rotatable bonds is 11. The summed E-state index contributed by atoms with van der Waals surface area (Å²) in [6.07, 6.45) is 5.71. The zero-order chi connectivity index (χ0) is 17.8. The molecular weight excluding hydrogens is 311 g/mol. The summed E-state index contributed by atoms with van der Waals surface area (Å²) in [4.78, 5) is 23.4. The molecule has 0 bridgehead atoms. The van der Waals surface area contributed by atoms with Crippen molar-refractivity contribution in [2.45, 2.75) is 58.0 Å². The Morgan fingerprint density at radius 3 is 2.54 bits per heavy atom. The van der Waals surface area contributed by atoms with E-state index in [2.05, 4.69) is 13.5 Å². The van der Waals surface area contributed by atoms with E-state index in [4.69, 9.17) is 9.47 Å². The van der Waals surface area contributed by atoms with Crippen molar-refractivity contribution in [2.75, 3.05) is 0 Å². The maximum Gasteiger partial charge on any atom is 0.311 e. The Hall–Kier alpha value is -2.17. The molecule has 24 heavy (non-hydrogen) atoms. The molecule has 0 aliphatic heterocycles. The second-order valence-corrected chi connectivity index (χ2v) is 5.52. The highest BCUT2D eigenvalue weighted by Gasteiger charge is 2.13. The molecule has 0 saturated heterocycles. The first-order valence-electron chi connectivity index (χ1n) is 8.34. The van der Waals surface area contributed by atoms with Gasteiger partial charge in [0.15, 0.2) is 11.6 Å². The van der Waals surface area contributed by atoms with E-state index >= 15 is 0 Å². The standard InChI is InChI=1S/C19H25FO4/c1-3-5-6-10-15(4-2)23-18(21)13-9-14-19(22)24-17-12-8-7-11-16(17)20/h4,7-8,11-12,15H,2-3,5-6,9-10,13-14H2,1H3. The van der Waals surface area contributed by atoms with Gasteiger partial charge < -0.3 is 9.47 Å². The molecule has 1 rings (SSSR count). The third-order valence-corrected chi connectivity index (χ3v) is 3.46. The summed E-state index contributed by atoms with van der Waals surface area (Å²) in [6, 6.07) is 5.69. The molecule has 0 saturated carbocycles. The van der Waals surface area contributed by atoms with E-state index in [1.165, 1.54) is 18.2 Å². The van der Waals surface area contributed by atoms with Crippen LogP contribution in [0.15, 0.2) is 36.9 Å². The second-order valence-electron chi connectivity index (χ2n) is 5.52. The first kappa shape index (κ1) is 19.9. The average molecular weight is 336 g/mol. The summed E-state index contributed by atoms with van der Waals surface area (Å²) in [6.45, 7) is 5.78. The fourth-order valence-corrected chi connectivity index (χ4v) is 2.13. The molecule has 0 amide bonds. The quantitative estimate of drug-likeness (QED) is 0.257. The van der Waals surface area contributed by atoms with Crippen LogP contribution >= 0.6 is 0 Å². The molecule has 0 radical (unpaired) electrons. The third kappa shape index (κ3) is 7.90. The van der Waals surface area contributed by atoms with Crippen LogP contribution in [0.2, 0.25) is 0 Å². The molecule has 0 fully saturated rings. The zero-order valence-corrected chi connectivity index (χ0v) is 14.1. The molecular formula is C19H25FO4. The third-order valence-electron chi connectivity index (χ3n) is 3.46. The Bertz CT molecular complexity index is 542. The van der Waals surface area contributed by atoms with Crippen molar-refractivity contribution in [3.63, 3.8) is 0 Å². The van der Waals surface area contributed by atoms with Gasteiger partial charge in [-0.05, 0) is 31.4 Å². The van der Waals surface area contributed by atoms with Crippen LogP contribution in [0.3, 0.4) is 0 Å². The minimum absolute atomic E-state index is 0.0258. The second kappa shape index (κ2) is 11.4. The van der Waals surface area contributed by atoms with Gasteiger partial charge in [-0.3, -0.25) is 9.59 Å². The van der Waals surface area contributed by atoms with Crippen LogP contribution in [0, 0.1) is 5.82 Å². The SMILES string of the molecule is C=CC(CCCCC)OC(=O)CCCC(=O)Oc1ccccc1F. The lowest BCUT2D eigenvalue weighted by atomic mass is 10.1. The van der Waals surface area contributed by atoms with Gasteiger partial charge in [-0.25, -0.2) is 4.39 Å². The minimum Gasteiger partial charge on any atom is -0.458 e. The van der Waals surface area contributed by atoms with Gasteiger partial charge in [0.2, 0.25) is 0 Å². The van der Waals surface area contributed by atoms with Gasteiger partial charge in [0.25, 0.3) is 0 Å².